The van der Waals surface area contributed by atoms with Crippen LogP contribution in [0.2, 0.25) is 0 Å². The van der Waals surface area contributed by atoms with Crippen LogP contribution in [0.5, 0.6) is 0 Å². The van der Waals surface area contributed by atoms with Crippen LogP contribution in [0.3, 0.4) is 0 Å². The van der Waals surface area contributed by atoms with Crippen LogP contribution in [0.4, 0.5) is 0 Å². The molecule has 21 heavy (non-hydrogen) atoms. The molecule has 2 aromatic carbocycles. The highest BCUT2D eigenvalue weighted by molar-refractivity contribution is 5.90. The summed E-state index contributed by atoms with van der Waals surface area (Å²) in [5.74, 6) is -0.259. The van der Waals surface area contributed by atoms with Crippen molar-refractivity contribution in [3.63, 3.8) is 0 Å². The van der Waals surface area contributed by atoms with Crippen LogP contribution in [0.1, 0.15) is 5.56 Å². The number of hydrogen-bond acceptors (Lipinski definition) is 2. The maximum atomic E-state index is 12.1. The van der Waals surface area contributed by atoms with Gasteiger partial charge in [-0.3, -0.25) is 0 Å². The van der Waals surface area contributed by atoms with Crippen LogP contribution in [-0.2, 0) is 0 Å². The predicted molar refractivity (Wildman–Crippen MR) is 80.5 cm³/mol. The van der Waals surface area contributed by atoms with Gasteiger partial charge in [-0.15, -0.1) is 0 Å². The van der Waals surface area contributed by atoms with Gasteiger partial charge in [0.05, 0.1) is 5.90 Å². The molecule has 3 aromatic rings. The van der Waals surface area contributed by atoms with Crippen molar-refractivity contribution in [3.8, 4) is 11.1 Å². The Hall–Kier alpha value is -2.94. The second kappa shape index (κ2) is 6.01. The zero-order valence-electron chi connectivity index (χ0n) is 11.4. The largest absolute Gasteiger partial charge is 0.854 e. The van der Waals surface area contributed by atoms with E-state index >= 15 is 0 Å². The van der Waals surface area contributed by atoms with Crippen LogP contribution < -0.4 is 9.78 Å². The summed E-state index contributed by atoms with van der Waals surface area (Å²) < 4.78 is 1.51. The van der Waals surface area contributed by atoms with E-state index in [2.05, 4.69) is 5.10 Å². The van der Waals surface area contributed by atoms with Gasteiger partial charge in [-0.1, -0.05) is 65.3 Å². The number of hydrogen-bond donors (Lipinski definition) is 0. The lowest BCUT2D eigenvalue weighted by atomic mass is 10.0. The van der Waals surface area contributed by atoms with Crippen LogP contribution in [0.15, 0.2) is 90.3 Å². The smallest absolute Gasteiger partial charge is 0.202 e. The van der Waals surface area contributed by atoms with E-state index in [-0.39, 0.29) is 5.90 Å². The van der Waals surface area contributed by atoms with Gasteiger partial charge in [-0.2, -0.15) is 0 Å². The predicted octanol–water partition coefficient (Wildman–Crippen LogP) is 2.21. The van der Waals surface area contributed by atoms with Crippen molar-refractivity contribution < 1.29 is 9.78 Å². The molecule has 102 valence electrons. The van der Waals surface area contributed by atoms with Gasteiger partial charge in [0, 0.05) is 12.1 Å². The molecular weight excluding hydrogens is 260 g/mol. The van der Waals surface area contributed by atoms with Crippen molar-refractivity contribution in [2.24, 2.45) is 5.10 Å². The van der Waals surface area contributed by atoms with E-state index in [1.165, 1.54) is 4.68 Å². The Morgan fingerprint density at radius 1 is 0.714 bits per heavy atom. The number of pyridine rings is 1. The maximum Gasteiger partial charge on any atom is 0.202 e. The Morgan fingerprint density at radius 3 is 1.95 bits per heavy atom. The lowest BCUT2D eigenvalue weighted by Crippen LogP contribution is -2.33. The van der Waals surface area contributed by atoms with Crippen molar-refractivity contribution in [1.82, 2.24) is 0 Å². The standard InChI is InChI=1S/C18H14N2O/c21-18(19-20-13-5-2-6-14-20)17-11-9-16(10-12-17)15-7-3-1-4-8-15/h1-14H. The average Bonchev–Trinajstić information content (AvgIpc) is 2.57. The number of rotatable bonds is 3. The summed E-state index contributed by atoms with van der Waals surface area (Å²) in [6.45, 7) is 0. The molecule has 1 heterocycles. The second-order valence-corrected chi connectivity index (χ2v) is 4.60. The molecule has 0 amide bonds. The third-order valence-electron chi connectivity index (χ3n) is 3.15. The topological polar surface area (TPSA) is 39.3 Å². The molecule has 0 unspecified atom stereocenters. The molecular formula is C18H14N2O. The molecule has 3 rings (SSSR count). The fraction of sp³-hybridized carbons (Fsp3) is 0. The highest BCUT2D eigenvalue weighted by Gasteiger charge is 2.00. The molecule has 3 nitrogen and oxygen atoms in total. The first-order valence-corrected chi connectivity index (χ1v) is 6.71. The fourth-order valence-electron chi connectivity index (χ4n) is 2.05. The number of aromatic nitrogens is 1. The zero-order chi connectivity index (χ0) is 14.5. The van der Waals surface area contributed by atoms with Crippen LogP contribution >= 0.6 is 0 Å². The summed E-state index contributed by atoms with van der Waals surface area (Å²) in [7, 11) is 0. The van der Waals surface area contributed by atoms with E-state index in [1.54, 1.807) is 24.5 Å². The van der Waals surface area contributed by atoms with Crippen molar-refractivity contribution in [2.75, 3.05) is 0 Å². The van der Waals surface area contributed by atoms with Gasteiger partial charge in [0.2, 0.25) is 12.4 Å². The molecule has 0 bridgehead atoms. The minimum atomic E-state index is -0.259. The van der Waals surface area contributed by atoms with E-state index in [4.69, 9.17) is 0 Å². The summed E-state index contributed by atoms with van der Waals surface area (Å²) in [6.07, 6.45) is 3.46. The average molecular weight is 274 g/mol. The molecule has 0 fully saturated rings. The summed E-state index contributed by atoms with van der Waals surface area (Å²) in [6, 6.07) is 23.1. The lowest BCUT2D eigenvalue weighted by molar-refractivity contribution is -0.681. The van der Waals surface area contributed by atoms with Gasteiger partial charge in [0.15, 0.2) is 0 Å². The quantitative estimate of drug-likeness (QED) is 0.410. The molecule has 0 saturated heterocycles. The van der Waals surface area contributed by atoms with E-state index in [0.29, 0.717) is 5.56 Å². The summed E-state index contributed by atoms with van der Waals surface area (Å²) in [4.78, 5) is 0. The Bertz CT molecular complexity index is 735. The Kier molecular flexibility index (Phi) is 3.74. The Labute approximate surface area is 123 Å². The van der Waals surface area contributed by atoms with Gasteiger partial charge in [-0.25, -0.2) is 0 Å². The monoisotopic (exact) mass is 274 g/mol. The van der Waals surface area contributed by atoms with E-state index < -0.39 is 0 Å². The molecule has 0 N–H and O–H groups in total. The Balaban J connectivity index is 1.86. The number of benzene rings is 2. The van der Waals surface area contributed by atoms with Crippen molar-refractivity contribution in [2.45, 2.75) is 0 Å². The first-order chi connectivity index (χ1) is 10.3. The van der Waals surface area contributed by atoms with Gasteiger partial charge in [0.25, 0.3) is 0 Å². The first kappa shape index (κ1) is 13.1. The molecule has 0 spiro atoms. The normalized spacial score (nSPS) is 11.3. The van der Waals surface area contributed by atoms with Gasteiger partial charge < -0.3 is 5.11 Å². The molecule has 0 aliphatic carbocycles. The van der Waals surface area contributed by atoms with Crippen LogP contribution in [0, 0.1) is 0 Å². The summed E-state index contributed by atoms with van der Waals surface area (Å²) >= 11 is 0. The van der Waals surface area contributed by atoms with E-state index in [1.807, 2.05) is 60.7 Å². The lowest BCUT2D eigenvalue weighted by Gasteiger charge is -2.08. The molecule has 0 atom stereocenters. The first-order valence-electron chi connectivity index (χ1n) is 6.71. The fourth-order valence-corrected chi connectivity index (χ4v) is 2.05. The zero-order valence-corrected chi connectivity index (χ0v) is 11.4. The van der Waals surface area contributed by atoms with Crippen LogP contribution in [-0.4, -0.2) is 5.90 Å². The molecule has 1 aromatic heterocycles. The maximum absolute atomic E-state index is 12.1. The molecule has 0 saturated carbocycles. The summed E-state index contributed by atoms with van der Waals surface area (Å²) in [5.41, 5.74) is 2.79. The van der Waals surface area contributed by atoms with Gasteiger partial charge >= 0.3 is 0 Å². The third-order valence-corrected chi connectivity index (χ3v) is 3.15. The van der Waals surface area contributed by atoms with E-state index in [9.17, 15) is 5.11 Å². The molecule has 3 heteroatoms. The van der Waals surface area contributed by atoms with E-state index in [0.717, 1.165) is 11.1 Å². The van der Waals surface area contributed by atoms with Gasteiger partial charge in [0.1, 0.15) is 0 Å². The van der Waals surface area contributed by atoms with Crippen molar-refractivity contribution >= 4 is 5.90 Å². The minimum Gasteiger partial charge on any atom is -0.854 e. The molecule has 0 aliphatic heterocycles. The van der Waals surface area contributed by atoms with Crippen molar-refractivity contribution in [3.05, 3.63) is 90.8 Å². The SMILES string of the molecule is [O-]/C(=N\[n+]1ccccc1)c1ccc(-c2ccccc2)cc1. The molecule has 0 radical (unpaired) electrons. The third kappa shape index (κ3) is 3.15. The number of nitrogens with zero attached hydrogens (tertiary/aromatic N) is 2. The minimum absolute atomic E-state index is 0.259. The van der Waals surface area contributed by atoms with Gasteiger partial charge in [-0.05, 0) is 21.8 Å². The molecule has 0 aliphatic rings. The highest BCUT2D eigenvalue weighted by atomic mass is 16.3. The highest BCUT2D eigenvalue weighted by Crippen LogP contribution is 2.18. The van der Waals surface area contributed by atoms with Crippen LogP contribution in [0.25, 0.3) is 11.1 Å². The summed E-state index contributed by atoms with van der Waals surface area (Å²) in [5, 5.41) is 16.1. The Morgan fingerprint density at radius 2 is 1.29 bits per heavy atom. The second-order valence-electron chi connectivity index (χ2n) is 4.60. The van der Waals surface area contributed by atoms with Crippen molar-refractivity contribution in [1.29, 1.82) is 0 Å².